The second-order valence-electron chi connectivity index (χ2n) is 5.89. The lowest BCUT2D eigenvalue weighted by Crippen LogP contribution is -2.23. The van der Waals surface area contributed by atoms with Crippen LogP contribution in [0.2, 0.25) is 0 Å². The van der Waals surface area contributed by atoms with Gasteiger partial charge in [0.2, 0.25) is 5.75 Å². The number of methoxy groups -OCH3 is 3. The molecule has 1 amide bonds. The highest BCUT2D eigenvalue weighted by Crippen LogP contribution is 2.40. The van der Waals surface area contributed by atoms with Crippen molar-refractivity contribution >= 4 is 5.91 Å². The topological polar surface area (TPSA) is 85.5 Å². The van der Waals surface area contributed by atoms with Gasteiger partial charge < -0.3 is 19.5 Å². The highest BCUT2D eigenvalue weighted by Gasteiger charge is 2.17. The summed E-state index contributed by atoms with van der Waals surface area (Å²) in [4.78, 5) is 12.4. The summed E-state index contributed by atoms with van der Waals surface area (Å²) < 4.78 is 28.9. The van der Waals surface area contributed by atoms with Crippen LogP contribution in [0.25, 0.3) is 11.3 Å². The molecule has 2 N–H and O–H groups in total. The first kappa shape index (κ1) is 19.2. The Morgan fingerprint density at radius 2 is 1.68 bits per heavy atom. The standard InChI is InChI=1S/C20H20FN3O4/c1-26-17-8-13(9-18(27-2)19(17)28-3)15-10-16(24-23-15)20(25)22-11-12-4-6-14(21)7-5-12/h4-10H,11H2,1-3H3,(H,22,25)(H,23,24). The van der Waals surface area contributed by atoms with Crippen molar-refractivity contribution in [3.8, 4) is 28.5 Å². The molecule has 0 spiro atoms. The number of ether oxygens (including phenoxy) is 3. The summed E-state index contributed by atoms with van der Waals surface area (Å²) in [5.41, 5.74) is 2.33. The number of hydrogen-bond donors (Lipinski definition) is 2. The predicted octanol–water partition coefficient (Wildman–Crippen LogP) is 3.17. The number of aromatic amines is 1. The van der Waals surface area contributed by atoms with Crippen LogP contribution in [0.1, 0.15) is 16.1 Å². The van der Waals surface area contributed by atoms with Gasteiger partial charge in [0.25, 0.3) is 5.91 Å². The summed E-state index contributed by atoms with van der Waals surface area (Å²) in [7, 11) is 4.58. The molecule has 2 aromatic carbocycles. The first-order chi connectivity index (χ1) is 13.5. The number of amides is 1. The lowest BCUT2D eigenvalue weighted by atomic mass is 10.1. The normalized spacial score (nSPS) is 10.4. The van der Waals surface area contributed by atoms with Gasteiger partial charge in [-0.15, -0.1) is 0 Å². The smallest absolute Gasteiger partial charge is 0.269 e. The molecule has 0 fully saturated rings. The predicted molar refractivity (Wildman–Crippen MR) is 101 cm³/mol. The van der Waals surface area contributed by atoms with Gasteiger partial charge in [0.15, 0.2) is 11.5 Å². The van der Waals surface area contributed by atoms with E-state index in [-0.39, 0.29) is 18.3 Å². The highest BCUT2D eigenvalue weighted by molar-refractivity contribution is 5.93. The fraction of sp³-hybridized carbons (Fsp3) is 0.200. The zero-order valence-electron chi connectivity index (χ0n) is 15.7. The van der Waals surface area contributed by atoms with Crippen LogP contribution in [0.15, 0.2) is 42.5 Å². The molecule has 3 rings (SSSR count). The summed E-state index contributed by atoms with van der Waals surface area (Å²) in [5.74, 6) is 0.806. The van der Waals surface area contributed by atoms with Crippen LogP contribution in [0.5, 0.6) is 17.2 Å². The molecule has 0 saturated carbocycles. The van der Waals surface area contributed by atoms with Crippen molar-refractivity contribution in [2.45, 2.75) is 6.54 Å². The van der Waals surface area contributed by atoms with E-state index in [1.807, 2.05) is 0 Å². The molecule has 0 unspecified atom stereocenters. The van der Waals surface area contributed by atoms with Crippen LogP contribution in [0, 0.1) is 5.82 Å². The van der Waals surface area contributed by atoms with Gasteiger partial charge in [0.1, 0.15) is 11.5 Å². The fourth-order valence-corrected chi connectivity index (χ4v) is 2.69. The SMILES string of the molecule is COc1cc(-c2cc(C(=O)NCc3ccc(F)cc3)[nH]n2)cc(OC)c1OC. The Hall–Kier alpha value is -3.55. The maximum Gasteiger partial charge on any atom is 0.269 e. The number of rotatable bonds is 7. The van der Waals surface area contributed by atoms with Gasteiger partial charge in [-0.1, -0.05) is 12.1 Å². The van der Waals surface area contributed by atoms with Crippen molar-refractivity contribution in [1.29, 1.82) is 0 Å². The zero-order valence-corrected chi connectivity index (χ0v) is 15.7. The van der Waals surface area contributed by atoms with Crippen molar-refractivity contribution in [1.82, 2.24) is 15.5 Å². The van der Waals surface area contributed by atoms with E-state index < -0.39 is 0 Å². The maximum absolute atomic E-state index is 12.9. The van der Waals surface area contributed by atoms with Gasteiger partial charge in [-0.2, -0.15) is 5.10 Å². The molecule has 146 valence electrons. The Morgan fingerprint density at radius 3 is 2.25 bits per heavy atom. The van der Waals surface area contributed by atoms with Crippen LogP contribution in [0.3, 0.4) is 0 Å². The number of H-pyrrole nitrogens is 1. The molecule has 7 nitrogen and oxygen atoms in total. The summed E-state index contributed by atoms with van der Waals surface area (Å²) in [5, 5.41) is 9.67. The molecular weight excluding hydrogens is 365 g/mol. The number of hydrogen-bond acceptors (Lipinski definition) is 5. The third-order valence-electron chi connectivity index (χ3n) is 4.15. The number of aromatic nitrogens is 2. The van der Waals surface area contributed by atoms with Gasteiger partial charge in [0, 0.05) is 12.1 Å². The van der Waals surface area contributed by atoms with Gasteiger partial charge in [-0.3, -0.25) is 9.89 Å². The van der Waals surface area contributed by atoms with E-state index in [1.54, 1.807) is 30.3 Å². The largest absolute Gasteiger partial charge is 0.493 e. The number of carbonyl (C=O) groups is 1. The molecule has 28 heavy (non-hydrogen) atoms. The number of halogens is 1. The quantitative estimate of drug-likeness (QED) is 0.653. The monoisotopic (exact) mass is 385 g/mol. The van der Waals surface area contributed by atoms with E-state index >= 15 is 0 Å². The zero-order chi connectivity index (χ0) is 20.1. The average molecular weight is 385 g/mol. The molecular formula is C20H20FN3O4. The minimum absolute atomic E-state index is 0.275. The lowest BCUT2D eigenvalue weighted by molar-refractivity contribution is 0.0946. The minimum Gasteiger partial charge on any atom is -0.493 e. The summed E-state index contributed by atoms with van der Waals surface area (Å²) in [6, 6.07) is 11.0. The molecule has 0 bridgehead atoms. The van der Waals surface area contributed by atoms with E-state index in [9.17, 15) is 9.18 Å². The Bertz CT molecular complexity index is 945. The van der Waals surface area contributed by atoms with Crippen LogP contribution in [-0.2, 0) is 6.54 Å². The molecule has 1 heterocycles. The molecule has 1 aromatic heterocycles. The minimum atomic E-state index is -0.324. The Balaban J connectivity index is 1.77. The molecule has 0 radical (unpaired) electrons. The maximum atomic E-state index is 12.9. The number of carbonyl (C=O) groups excluding carboxylic acids is 1. The van der Waals surface area contributed by atoms with Gasteiger partial charge in [0.05, 0.1) is 27.0 Å². The van der Waals surface area contributed by atoms with Crippen LogP contribution in [-0.4, -0.2) is 37.4 Å². The Morgan fingerprint density at radius 1 is 1.04 bits per heavy atom. The summed E-state index contributed by atoms with van der Waals surface area (Å²) in [6.45, 7) is 0.275. The fourth-order valence-electron chi connectivity index (χ4n) is 2.69. The van der Waals surface area contributed by atoms with Crippen LogP contribution in [0.4, 0.5) is 4.39 Å². The second-order valence-corrected chi connectivity index (χ2v) is 5.89. The van der Waals surface area contributed by atoms with Crippen molar-refractivity contribution in [2.24, 2.45) is 0 Å². The number of benzene rings is 2. The summed E-state index contributed by atoms with van der Waals surface area (Å²) >= 11 is 0. The average Bonchev–Trinajstić information content (AvgIpc) is 3.22. The summed E-state index contributed by atoms with van der Waals surface area (Å²) in [6.07, 6.45) is 0. The van der Waals surface area contributed by atoms with E-state index in [1.165, 1.54) is 33.5 Å². The Labute approximate surface area is 161 Å². The number of nitrogens with one attached hydrogen (secondary N) is 2. The van der Waals surface area contributed by atoms with Crippen molar-refractivity contribution < 1.29 is 23.4 Å². The van der Waals surface area contributed by atoms with Crippen LogP contribution >= 0.6 is 0 Å². The van der Waals surface area contributed by atoms with E-state index in [2.05, 4.69) is 15.5 Å². The Kier molecular flexibility index (Phi) is 5.78. The number of nitrogens with zero attached hydrogens (tertiary/aromatic N) is 1. The van der Waals surface area contributed by atoms with Crippen molar-refractivity contribution in [2.75, 3.05) is 21.3 Å². The second kappa shape index (κ2) is 8.43. The first-order valence-corrected chi connectivity index (χ1v) is 8.44. The van der Waals surface area contributed by atoms with E-state index in [4.69, 9.17) is 14.2 Å². The molecule has 0 aliphatic rings. The van der Waals surface area contributed by atoms with Crippen molar-refractivity contribution in [3.05, 3.63) is 59.5 Å². The van der Waals surface area contributed by atoms with Gasteiger partial charge in [-0.05, 0) is 35.9 Å². The molecule has 0 atom stereocenters. The third-order valence-corrected chi connectivity index (χ3v) is 4.15. The third kappa shape index (κ3) is 4.06. The molecule has 3 aromatic rings. The first-order valence-electron chi connectivity index (χ1n) is 8.44. The van der Waals surface area contributed by atoms with Crippen LogP contribution < -0.4 is 19.5 Å². The van der Waals surface area contributed by atoms with E-state index in [0.29, 0.717) is 34.2 Å². The van der Waals surface area contributed by atoms with Gasteiger partial charge >= 0.3 is 0 Å². The molecule has 0 saturated heterocycles. The van der Waals surface area contributed by atoms with Crippen molar-refractivity contribution in [3.63, 3.8) is 0 Å². The molecule has 8 heteroatoms. The van der Waals surface area contributed by atoms with E-state index in [0.717, 1.165) is 5.56 Å². The molecule has 0 aliphatic heterocycles. The highest BCUT2D eigenvalue weighted by atomic mass is 19.1. The van der Waals surface area contributed by atoms with Gasteiger partial charge in [-0.25, -0.2) is 4.39 Å². The molecule has 0 aliphatic carbocycles. The lowest BCUT2D eigenvalue weighted by Gasteiger charge is -2.13.